The summed E-state index contributed by atoms with van der Waals surface area (Å²) in [5.74, 6) is -2.87. The van der Waals surface area contributed by atoms with Gasteiger partial charge in [0.25, 0.3) is 5.79 Å². The number of aromatic carboxylic acids is 1. The largest absolute Gasteiger partial charge is 0.478 e. The van der Waals surface area contributed by atoms with Crippen molar-refractivity contribution in [2.75, 3.05) is 18.1 Å². The maximum atomic E-state index is 15.8. The highest BCUT2D eigenvalue weighted by Gasteiger charge is 2.42. The summed E-state index contributed by atoms with van der Waals surface area (Å²) < 4.78 is 48.4. The van der Waals surface area contributed by atoms with Gasteiger partial charge < -0.3 is 24.2 Å². The van der Waals surface area contributed by atoms with Gasteiger partial charge in [-0.05, 0) is 66.9 Å². The van der Waals surface area contributed by atoms with Gasteiger partial charge in [0.2, 0.25) is 0 Å². The number of carboxylic acid groups (broad SMARTS) is 1. The number of rotatable bonds is 9. The molecule has 4 aromatic rings. The molecule has 1 saturated heterocycles. The molecule has 4 aromatic carbocycles. The summed E-state index contributed by atoms with van der Waals surface area (Å²) in [5, 5.41) is 9.82. The Bertz CT molecular complexity index is 1790. The van der Waals surface area contributed by atoms with Crippen molar-refractivity contribution in [2.24, 2.45) is 0 Å². The van der Waals surface area contributed by atoms with E-state index in [0.29, 0.717) is 53.5 Å². The molecule has 1 N–H and O–H groups in total. The van der Waals surface area contributed by atoms with Gasteiger partial charge in [0.05, 0.1) is 17.2 Å². The quantitative estimate of drug-likeness (QED) is 0.204. The molecule has 0 bridgehead atoms. The number of para-hydroxylation sites is 1. The maximum absolute atomic E-state index is 15.8. The Balaban J connectivity index is 1.27. The summed E-state index contributed by atoms with van der Waals surface area (Å²) in [7, 11) is 0. The van der Waals surface area contributed by atoms with Crippen LogP contribution in [0.25, 0.3) is 11.1 Å². The summed E-state index contributed by atoms with van der Waals surface area (Å²) in [6, 6.07) is 19.3. The molecule has 0 aromatic heterocycles. The molecule has 0 spiro atoms. The molecule has 0 radical (unpaired) electrons. The fourth-order valence-electron chi connectivity index (χ4n) is 5.59. The first-order valence-electron chi connectivity index (χ1n) is 14.2. The predicted molar refractivity (Wildman–Crippen MR) is 165 cm³/mol. The minimum absolute atomic E-state index is 0.00632. The molecule has 2 unspecified atom stereocenters. The smallest absolute Gasteiger partial charge is 0.335 e. The van der Waals surface area contributed by atoms with Crippen molar-refractivity contribution in [3.8, 4) is 22.6 Å². The average molecular weight is 618 g/mol. The van der Waals surface area contributed by atoms with Gasteiger partial charge in [0.1, 0.15) is 11.6 Å². The number of ether oxygens (including phenoxy) is 3. The van der Waals surface area contributed by atoms with Crippen LogP contribution in [0.3, 0.4) is 0 Å². The van der Waals surface area contributed by atoms with E-state index in [1.165, 1.54) is 18.2 Å². The molecule has 226 valence electrons. The highest BCUT2D eigenvalue weighted by molar-refractivity contribution is 6.30. The topological polar surface area (TPSA) is 68.2 Å². The first-order chi connectivity index (χ1) is 21.0. The number of hydrogen-bond acceptors (Lipinski definition) is 5. The fraction of sp³-hybridized carbons (Fsp3) is 0.229. The third kappa shape index (κ3) is 5.63. The lowest BCUT2D eigenvalue weighted by molar-refractivity contribution is -0.0705. The lowest BCUT2D eigenvalue weighted by atomic mass is 9.99. The molecular formula is C35H30ClF2NO5. The molecule has 2 atom stereocenters. The van der Waals surface area contributed by atoms with E-state index in [1.807, 2.05) is 17.9 Å². The maximum Gasteiger partial charge on any atom is 0.335 e. The number of halogens is 3. The molecule has 44 heavy (non-hydrogen) atoms. The number of anilines is 1. The lowest BCUT2D eigenvalue weighted by Crippen LogP contribution is -2.40. The van der Waals surface area contributed by atoms with Crippen LogP contribution in [0.4, 0.5) is 14.5 Å². The minimum Gasteiger partial charge on any atom is -0.478 e. The number of nitrogens with zero attached hydrogens (tertiary/aromatic N) is 1. The van der Waals surface area contributed by atoms with Crippen LogP contribution >= 0.6 is 11.6 Å². The van der Waals surface area contributed by atoms with Crippen molar-refractivity contribution < 1.29 is 32.9 Å². The highest BCUT2D eigenvalue weighted by atomic mass is 35.5. The van der Waals surface area contributed by atoms with Gasteiger partial charge in [-0.25, -0.2) is 13.6 Å². The molecule has 1 fully saturated rings. The predicted octanol–water partition coefficient (Wildman–Crippen LogP) is 8.29. The summed E-state index contributed by atoms with van der Waals surface area (Å²) in [4.78, 5) is 13.6. The number of benzene rings is 4. The van der Waals surface area contributed by atoms with Crippen LogP contribution in [0.2, 0.25) is 5.02 Å². The zero-order valence-electron chi connectivity index (χ0n) is 24.2. The summed E-state index contributed by atoms with van der Waals surface area (Å²) >= 11 is 5.93. The van der Waals surface area contributed by atoms with Crippen molar-refractivity contribution in [2.45, 2.75) is 38.6 Å². The van der Waals surface area contributed by atoms with Gasteiger partial charge in [-0.3, -0.25) is 0 Å². The summed E-state index contributed by atoms with van der Waals surface area (Å²) in [6.45, 7) is 8.99. The Hall–Kier alpha value is -4.40. The number of hydrogen-bond donors (Lipinski definition) is 1. The lowest BCUT2D eigenvalue weighted by Gasteiger charge is -2.36. The van der Waals surface area contributed by atoms with Crippen molar-refractivity contribution >= 4 is 23.3 Å². The SMILES string of the molecule is C=C(Cc1ccc(-c2cccc3c2OC(C)(c2ccc(Cl)cc2F)O3)c(F)c1)N(CC1CCO1)c1cc(C(=O)O)ccc1C. The van der Waals surface area contributed by atoms with Gasteiger partial charge in [-0.1, -0.05) is 48.5 Å². The third-order valence-electron chi connectivity index (χ3n) is 8.04. The molecule has 2 heterocycles. The molecule has 9 heteroatoms. The van der Waals surface area contributed by atoms with Crippen molar-refractivity contribution in [1.82, 2.24) is 0 Å². The Labute approximate surface area is 259 Å². The van der Waals surface area contributed by atoms with Crippen molar-refractivity contribution in [3.05, 3.63) is 124 Å². The number of carbonyl (C=O) groups is 1. The standard InChI is InChI=1S/C35H30ClF2NO5/c1-20-7-9-23(34(40)41)17-31(20)39(19-25-13-14-42-25)21(2)15-22-8-11-26(29(37)16-22)27-5-4-6-32-33(27)44-35(3,43-32)28-12-10-24(36)18-30(28)38/h4-12,16-18,25H,2,13-15,19H2,1,3H3,(H,40,41). The zero-order valence-corrected chi connectivity index (χ0v) is 25.0. The zero-order chi connectivity index (χ0) is 31.2. The van der Waals surface area contributed by atoms with Crippen LogP contribution in [0.5, 0.6) is 11.5 Å². The van der Waals surface area contributed by atoms with E-state index in [-0.39, 0.29) is 22.3 Å². The van der Waals surface area contributed by atoms with E-state index in [2.05, 4.69) is 6.58 Å². The van der Waals surface area contributed by atoms with Crippen LogP contribution < -0.4 is 14.4 Å². The van der Waals surface area contributed by atoms with E-state index in [4.69, 9.17) is 25.8 Å². The second-order valence-corrected chi connectivity index (χ2v) is 11.6. The van der Waals surface area contributed by atoms with Crippen LogP contribution in [-0.4, -0.2) is 30.3 Å². The van der Waals surface area contributed by atoms with Gasteiger partial charge in [0.15, 0.2) is 11.5 Å². The van der Waals surface area contributed by atoms with Gasteiger partial charge in [0, 0.05) is 54.0 Å². The first-order valence-corrected chi connectivity index (χ1v) is 14.6. The van der Waals surface area contributed by atoms with Gasteiger partial charge in [-0.2, -0.15) is 0 Å². The van der Waals surface area contributed by atoms with E-state index in [9.17, 15) is 14.3 Å². The van der Waals surface area contributed by atoms with Crippen LogP contribution in [0, 0.1) is 18.6 Å². The number of carboxylic acids is 1. The second-order valence-electron chi connectivity index (χ2n) is 11.2. The molecule has 0 aliphatic carbocycles. The van der Waals surface area contributed by atoms with Gasteiger partial charge >= 0.3 is 5.97 Å². The van der Waals surface area contributed by atoms with E-state index >= 15 is 4.39 Å². The first kappa shape index (κ1) is 29.7. The molecular weight excluding hydrogens is 588 g/mol. The highest BCUT2D eigenvalue weighted by Crippen LogP contribution is 2.50. The number of aryl methyl sites for hydroxylation is 1. The molecule has 0 amide bonds. The Kier molecular flexibility index (Phi) is 7.82. The number of allylic oxidation sites excluding steroid dienone is 1. The van der Waals surface area contributed by atoms with Crippen LogP contribution in [0.1, 0.15) is 40.4 Å². The Morgan fingerprint density at radius 1 is 1.05 bits per heavy atom. The van der Waals surface area contributed by atoms with E-state index < -0.39 is 23.4 Å². The molecule has 2 aliphatic heterocycles. The third-order valence-corrected chi connectivity index (χ3v) is 8.28. The summed E-state index contributed by atoms with van der Waals surface area (Å²) in [6.07, 6.45) is 1.20. The number of fused-ring (bicyclic) bond motifs is 1. The van der Waals surface area contributed by atoms with Crippen molar-refractivity contribution in [1.29, 1.82) is 0 Å². The molecule has 6 nitrogen and oxygen atoms in total. The van der Waals surface area contributed by atoms with Gasteiger partial charge in [-0.15, -0.1) is 0 Å². The fourth-order valence-corrected chi connectivity index (χ4v) is 5.75. The minimum atomic E-state index is -1.47. The van der Waals surface area contributed by atoms with E-state index in [0.717, 1.165) is 17.7 Å². The van der Waals surface area contributed by atoms with E-state index in [1.54, 1.807) is 55.5 Å². The molecule has 6 rings (SSSR count). The normalized spacial score (nSPS) is 18.5. The van der Waals surface area contributed by atoms with Crippen LogP contribution in [0.15, 0.2) is 85.1 Å². The Morgan fingerprint density at radius 2 is 1.84 bits per heavy atom. The monoisotopic (exact) mass is 617 g/mol. The van der Waals surface area contributed by atoms with Crippen molar-refractivity contribution in [3.63, 3.8) is 0 Å². The summed E-state index contributed by atoms with van der Waals surface area (Å²) in [5.41, 5.74) is 4.07. The van der Waals surface area contributed by atoms with Crippen LogP contribution in [-0.2, 0) is 16.9 Å². The average Bonchev–Trinajstić information content (AvgIpc) is 3.30. The molecule has 0 saturated carbocycles. The Morgan fingerprint density at radius 3 is 2.52 bits per heavy atom. The molecule has 2 aliphatic rings. The second kappa shape index (κ2) is 11.6.